The smallest absolute Gasteiger partial charge is 0.282 e. The van der Waals surface area contributed by atoms with E-state index < -0.39 is 0 Å². The highest BCUT2D eigenvalue weighted by Gasteiger charge is 2.25. The molecule has 7 nitrogen and oxygen atoms in total. The van der Waals surface area contributed by atoms with Gasteiger partial charge in [0, 0.05) is 37.9 Å². The summed E-state index contributed by atoms with van der Waals surface area (Å²) in [5, 5.41) is 3.92. The van der Waals surface area contributed by atoms with E-state index in [0.717, 1.165) is 40.6 Å². The van der Waals surface area contributed by atoms with E-state index in [1.54, 1.807) is 0 Å². The van der Waals surface area contributed by atoms with Crippen molar-refractivity contribution >= 4 is 44.8 Å². The average molecular weight is 445 g/mol. The average Bonchev–Trinajstić information content (AvgIpc) is 3.24. The summed E-state index contributed by atoms with van der Waals surface area (Å²) in [6.45, 7) is 6.68. The summed E-state index contributed by atoms with van der Waals surface area (Å²) >= 11 is 1.46. The van der Waals surface area contributed by atoms with E-state index in [9.17, 15) is 4.79 Å². The van der Waals surface area contributed by atoms with Crippen LogP contribution >= 0.6 is 11.3 Å². The van der Waals surface area contributed by atoms with Gasteiger partial charge in [0.1, 0.15) is 17.5 Å². The summed E-state index contributed by atoms with van der Waals surface area (Å²) in [6.07, 6.45) is 0. The number of piperazine rings is 1. The number of hydrogen-bond donors (Lipinski definition) is 1. The van der Waals surface area contributed by atoms with Gasteiger partial charge in [-0.05, 0) is 38.1 Å². The van der Waals surface area contributed by atoms with Crippen molar-refractivity contribution in [1.29, 1.82) is 0 Å². The monoisotopic (exact) mass is 444 g/mol. The Labute approximate surface area is 190 Å². The molecule has 0 saturated carbocycles. The highest BCUT2D eigenvalue weighted by molar-refractivity contribution is 7.20. The van der Waals surface area contributed by atoms with Crippen LogP contribution in [0.1, 0.15) is 21.2 Å². The first kappa shape index (κ1) is 20.4. The molecule has 2 aromatic heterocycles. The molecular weight excluding hydrogens is 420 g/mol. The highest BCUT2D eigenvalue weighted by Crippen LogP contribution is 2.25. The van der Waals surface area contributed by atoms with Gasteiger partial charge < -0.3 is 15.1 Å². The van der Waals surface area contributed by atoms with Crippen LogP contribution in [-0.4, -0.2) is 51.9 Å². The Bertz CT molecular complexity index is 1230. The number of aryl methyl sites for hydroxylation is 2. The minimum atomic E-state index is 0.00597. The molecule has 8 heteroatoms. The topological polar surface area (TPSA) is 74.2 Å². The van der Waals surface area contributed by atoms with Crippen LogP contribution in [0.2, 0.25) is 0 Å². The van der Waals surface area contributed by atoms with Gasteiger partial charge in [-0.15, -0.1) is 11.3 Å². The third-order valence-corrected chi connectivity index (χ3v) is 6.54. The molecule has 0 radical (unpaired) electrons. The van der Waals surface area contributed by atoms with Crippen LogP contribution in [0, 0.1) is 13.8 Å². The fourth-order valence-electron chi connectivity index (χ4n) is 3.80. The number of hydrogen-bond acceptors (Lipinski definition) is 7. The van der Waals surface area contributed by atoms with Crippen molar-refractivity contribution in [3.63, 3.8) is 0 Å². The van der Waals surface area contributed by atoms with Gasteiger partial charge in [0.25, 0.3) is 5.91 Å². The van der Waals surface area contributed by atoms with Gasteiger partial charge in [-0.25, -0.2) is 15.0 Å². The lowest BCUT2D eigenvalue weighted by Crippen LogP contribution is -2.49. The Morgan fingerprint density at radius 1 is 0.938 bits per heavy atom. The quantitative estimate of drug-likeness (QED) is 0.503. The van der Waals surface area contributed by atoms with Crippen molar-refractivity contribution < 1.29 is 4.79 Å². The molecule has 1 aliphatic rings. The van der Waals surface area contributed by atoms with Crippen LogP contribution < -0.4 is 10.2 Å². The van der Waals surface area contributed by atoms with Crippen LogP contribution in [0.25, 0.3) is 10.2 Å². The van der Waals surface area contributed by atoms with Crippen molar-refractivity contribution in [2.75, 3.05) is 36.4 Å². The summed E-state index contributed by atoms with van der Waals surface area (Å²) < 4.78 is 1.04. The molecule has 1 aliphatic heterocycles. The zero-order valence-corrected chi connectivity index (χ0v) is 18.9. The first-order valence-electron chi connectivity index (χ1n) is 10.6. The number of rotatable bonds is 4. The van der Waals surface area contributed by atoms with Gasteiger partial charge in [0.15, 0.2) is 5.01 Å². The first-order valence-corrected chi connectivity index (χ1v) is 11.5. The lowest BCUT2D eigenvalue weighted by atomic mass is 10.2. The van der Waals surface area contributed by atoms with E-state index >= 15 is 0 Å². The fraction of sp³-hybridized carbons (Fsp3) is 0.250. The number of nitrogens with one attached hydrogen (secondary N) is 1. The molecule has 5 rings (SSSR count). The molecule has 3 heterocycles. The van der Waals surface area contributed by atoms with Crippen LogP contribution in [0.5, 0.6) is 0 Å². The Kier molecular flexibility index (Phi) is 5.45. The number of carbonyl (C=O) groups is 1. The number of nitrogens with zero attached hydrogens (tertiary/aromatic N) is 5. The Balaban J connectivity index is 1.27. The predicted molar refractivity (Wildman–Crippen MR) is 129 cm³/mol. The van der Waals surface area contributed by atoms with E-state index in [4.69, 9.17) is 0 Å². The minimum absolute atomic E-state index is 0.00597. The first-order chi connectivity index (χ1) is 15.5. The van der Waals surface area contributed by atoms with Crippen molar-refractivity contribution in [2.24, 2.45) is 0 Å². The number of benzene rings is 2. The molecule has 4 aromatic rings. The number of anilines is 3. The number of para-hydroxylation sites is 1. The summed E-state index contributed by atoms with van der Waals surface area (Å²) in [7, 11) is 0. The van der Waals surface area contributed by atoms with Crippen molar-refractivity contribution in [1.82, 2.24) is 19.9 Å². The Morgan fingerprint density at radius 2 is 1.69 bits per heavy atom. The summed E-state index contributed by atoms with van der Waals surface area (Å²) in [4.78, 5) is 30.7. The molecule has 1 saturated heterocycles. The van der Waals surface area contributed by atoms with Gasteiger partial charge >= 0.3 is 0 Å². The zero-order chi connectivity index (χ0) is 22.1. The molecule has 1 N–H and O–H groups in total. The van der Waals surface area contributed by atoms with Crippen molar-refractivity contribution in [3.8, 4) is 0 Å². The largest absolute Gasteiger partial charge is 0.353 e. The van der Waals surface area contributed by atoms with E-state index in [1.807, 2.05) is 54.3 Å². The van der Waals surface area contributed by atoms with E-state index in [0.29, 0.717) is 23.9 Å². The maximum atomic E-state index is 13.0. The second-order valence-electron chi connectivity index (χ2n) is 7.92. The third-order valence-electron chi connectivity index (χ3n) is 5.52. The SMILES string of the molecule is Cc1ccc(Nc2cc(N3CCN(C(=O)c4nc5ccccc5s4)CC3)nc(C)n2)cc1. The maximum absolute atomic E-state index is 13.0. The van der Waals surface area contributed by atoms with Crippen LogP contribution in [-0.2, 0) is 0 Å². The lowest BCUT2D eigenvalue weighted by Gasteiger charge is -2.35. The third kappa shape index (κ3) is 4.27. The number of carbonyl (C=O) groups excluding carboxylic acids is 1. The number of aromatic nitrogens is 3. The van der Waals surface area contributed by atoms with Crippen LogP contribution in [0.15, 0.2) is 54.6 Å². The van der Waals surface area contributed by atoms with Gasteiger partial charge in [-0.1, -0.05) is 29.8 Å². The molecule has 32 heavy (non-hydrogen) atoms. The fourth-order valence-corrected chi connectivity index (χ4v) is 4.73. The number of thiazole rings is 1. The molecule has 1 fully saturated rings. The highest BCUT2D eigenvalue weighted by atomic mass is 32.1. The predicted octanol–water partition coefficient (Wildman–Crippen LogP) is 4.41. The van der Waals surface area contributed by atoms with Gasteiger partial charge in [0.05, 0.1) is 10.2 Å². The van der Waals surface area contributed by atoms with Gasteiger partial charge in [0.2, 0.25) is 0 Å². The van der Waals surface area contributed by atoms with Gasteiger partial charge in [-0.3, -0.25) is 4.79 Å². The summed E-state index contributed by atoms with van der Waals surface area (Å²) in [5.74, 6) is 2.36. The van der Waals surface area contributed by atoms with Crippen LogP contribution in [0.4, 0.5) is 17.3 Å². The van der Waals surface area contributed by atoms with Crippen molar-refractivity contribution in [2.45, 2.75) is 13.8 Å². The maximum Gasteiger partial charge on any atom is 0.282 e. The molecular formula is C24H24N6OS. The van der Waals surface area contributed by atoms with E-state index in [1.165, 1.54) is 16.9 Å². The molecule has 162 valence electrons. The second kappa shape index (κ2) is 8.55. The zero-order valence-electron chi connectivity index (χ0n) is 18.1. The summed E-state index contributed by atoms with van der Waals surface area (Å²) in [5.41, 5.74) is 3.09. The van der Waals surface area contributed by atoms with E-state index in [2.05, 4.69) is 44.2 Å². The molecule has 0 bridgehead atoms. The molecule has 0 spiro atoms. The molecule has 0 unspecified atom stereocenters. The molecule has 0 atom stereocenters. The Morgan fingerprint density at radius 3 is 2.44 bits per heavy atom. The number of amides is 1. The number of fused-ring (bicyclic) bond motifs is 1. The van der Waals surface area contributed by atoms with E-state index in [-0.39, 0.29) is 5.91 Å². The van der Waals surface area contributed by atoms with Crippen LogP contribution in [0.3, 0.4) is 0 Å². The minimum Gasteiger partial charge on any atom is -0.353 e. The summed E-state index contributed by atoms with van der Waals surface area (Å²) in [6, 6.07) is 18.1. The second-order valence-corrected chi connectivity index (χ2v) is 8.95. The molecule has 0 aliphatic carbocycles. The molecule has 2 aromatic carbocycles. The van der Waals surface area contributed by atoms with Crippen molar-refractivity contribution in [3.05, 3.63) is 71.0 Å². The standard InChI is InChI=1S/C24H24N6OS/c1-16-7-9-18(10-8-16)27-21-15-22(26-17(2)25-21)29-11-13-30(14-12-29)24(31)23-28-19-5-3-4-6-20(19)32-23/h3-10,15H,11-14H2,1-2H3,(H,25,26,27). The van der Waals surface area contributed by atoms with Gasteiger partial charge in [-0.2, -0.15) is 0 Å². The molecule has 1 amide bonds. The lowest BCUT2D eigenvalue weighted by molar-refractivity contribution is 0.0746. The Hall–Kier alpha value is -3.52. The normalized spacial score (nSPS) is 14.1.